The summed E-state index contributed by atoms with van der Waals surface area (Å²) in [4.78, 5) is 36.5. The lowest BCUT2D eigenvalue weighted by Crippen LogP contribution is -2.34. The van der Waals surface area contributed by atoms with E-state index in [1.807, 2.05) is 0 Å². The zero-order valence-electron chi connectivity index (χ0n) is 13.2. The summed E-state index contributed by atoms with van der Waals surface area (Å²) in [5.74, 6) is -3.38. The Kier molecular flexibility index (Phi) is 6.02. The summed E-state index contributed by atoms with van der Waals surface area (Å²) < 4.78 is 17.7. The average Bonchev–Trinajstić information content (AvgIpc) is 2.71. The topological polar surface area (TPSA) is 60.4 Å². The van der Waals surface area contributed by atoms with Crippen molar-refractivity contribution in [3.8, 4) is 0 Å². The molecule has 0 radical (unpaired) electrons. The number of rotatable bonds is 5. The maximum Gasteiger partial charge on any atom is 0.375 e. The molecule has 1 aliphatic rings. The summed E-state index contributed by atoms with van der Waals surface area (Å²) >= 11 is 0. The number of ether oxygens (including phenoxy) is 1. The lowest BCUT2D eigenvalue weighted by molar-refractivity contribution is -0.157. The van der Waals surface area contributed by atoms with Crippen molar-refractivity contribution in [2.75, 3.05) is 6.61 Å². The Morgan fingerprint density at radius 3 is 2.48 bits per heavy atom. The molecule has 0 saturated heterocycles. The molecule has 0 aromatic heterocycles. The van der Waals surface area contributed by atoms with E-state index in [9.17, 15) is 18.8 Å². The van der Waals surface area contributed by atoms with Crippen LogP contribution in [-0.4, -0.2) is 24.1 Å². The first-order valence-electron chi connectivity index (χ1n) is 8.02. The number of esters is 1. The molecule has 0 heterocycles. The molecule has 23 heavy (non-hydrogen) atoms. The third-order valence-corrected chi connectivity index (χ3v) is 4.23. The van der Waals surface area contributed by atoms with Crippen LogP contribution in [0.25, 0.3) is 0 Å². The fourth-order valence-electron chi connectivity index (χ4n) is 3.02. The van der Waals surface area contributed by atoms with Gasteiger partial charge in [-0.2, -0.15) is 0 Å². The van der Waals surface area contributed by atoms with Gasteiger partial charge in [0.05, 0.1) is 12.5 Å². The van der Waals surface area contributed by atoms with Crippen LogP contribution in [0.4, 0.5) is 4.39 Å². The predicted octanol–water partition coefficient (Wildman–Crippen LogP) is 2.88. The van der Waals surface area contributed by atoms with Gasteiger partial charge in [0.15, 0.2) is 0 Å². The van der Waals surface area contributed by atoms with E-state index in [0.29, 0.717) is 19.3 Å². The number of hydrogen-bond acceptors (Lipinski definition) is 4. The molecule has 2 atom stereocenters. The molecule has 1 fully saturated rings. The third-order valence-electron chi connectivity index (χ3n) is 4.23. The van der Waals surface area contributed by atoms with Gasteiger partial charge in [-0.1, -0.05) is 25.0 Å². The SMILES string of the molecule is CCOC(=O)C(=O)C1CCCCC(Cc2ccc(F)cc2)C1=O. The molecule has 0 aliphatic heterocycles. The summed E-state index contributed by atoms with van der Waals surface area (Å²) in [7, 11) is 0. The molecular weight excluding hydrogens is 299 g/mol. The van der Waals surface area contributed by atoms with E-state index in [1.165, 1.54) is 12.1 Å². The molecular formula is C18H21FO4. The van der Waals surface area contributed by atoms with Gasteiger partial charge in [-0.3, -0.25) is 9.59 Å². The molecule has 0 spiro atoms. The van der Waals surface area contributed by atoms with Crippen molar-refractivity contribution in [2.45, 2.75) is 39.0 Å². The van der Waals surface area contributed by atoms with E-state index in [4.69, 9.17) is 4.74 Å². The van der Waals surface area contributed by atoms with Crippen LogP contribution in [0.3, 0.4) is 0 Å². The van der Waals surface area contributed by atoms with Crippen molar-refractivity contribution in [3.05, 3.63) is 35.6 Å². The van der Waals surface area contributed by atoms with Crippen LogP contribution < -0.4 is 0 Å². The number of carbonyl (C=O) groups is 3. The Labute approximate surface area is 135 Å². The van der Waals surface area contributed by atoms with Crippen LogP contribution in [0, 0.1) is 17.7 Å². The second-order valence-electron chi connectivity index (χ2n) is 5.85. The average molecular weight is 320 g/mol. The van der Waals surface area contributed by atoms with Gasteiger partial charge in [0, 0.05) is 5.92 Å². The van der Waals surface area contributed by atoms with Crippen molar-refractivity contribution < 1.29 is 23.5 Å². The number of halogens is 1. The molecule has 5 heteroatoms. The smallest absolute Gasteiger partial charge is 0.375 e. The molecule has 0 amide bonds. The first kappa shape index (κ1) is 17.3. The summed E-state index contributed by atoms with van der Waals surface area (Å²) in [5.41, 5.74) is 0.856. The minimum absolute atomic E-state index is 0.116. The quantitative estimate of drug-likeness (QED) is 0.362. The maximum absolute atomic E-state index is 13.0. The van der Waals surface area contributed by atoms with Gasteiger partial charge in [0.1, 0.15) is 11.6 Å². The second-order valence-corrected chi connectivity index (χ2v) is 5.85. The molecule has 1 aromatic rings. The molecule has 2 unspecified atom stereocenters. The fourth-order valence-corrected chi connectivity index (χ4v) is 3.02. The van der Waals surface area contributed by atoms with E-state index in [0.717, 1.165) is 18.4 Å². The van der Waals surface area contributed by atoms with Crippen LogP contribution in [0.1, 0.15) is 38.2 Å². The van der Waals surface area contributed by atoms with Gasteiger partial charge in [-0.15, -0.1) is 0 Å². The van der Waals surface area contributed by atoms with Crippen LogP contribution in [0.5, 0.6) is 0 Å². The minimum Gasteiger partial charge on any atom is -0.460 e. The summed E-state index contributed by atoms with van der Waals surface area (Å²) in [5, 5.41) is 0. The highest BCUT2D eigenvalue weighted by atomic mass is 19.1. The highest BCUT2D eigenvalue weighted by Crippen LogP contribution is 2.28. The number of benzene rings is 1. The molecule has 1 saturated carbocycles. The first-order chi connectivity index (χ1) is 11.0. The normalized spacial score (nSPS) is 21.6. The van der Waals surface area contributed by atoms with Crippen LogP contribution in [0.2, 0.25) is 0 Å². The molecule has 1 aliphatic carbocycles. The highest BCUT2D eigenvalue weighted by Gasteiger charge is 2.37. The van der Waals surface area contributed by atoms with Gasteiger partial charge < -0.3 is 4.74 Å². The van der Waals surface area contributed by atoms with Crippen molar-refractivity contribution in [1.82, 2.24) is 0 Å². The lowest BCUT2D eigenvalue weighted by atomic mass is 9.85. The van der Waals surface area contributed by atoms with E-state index in [1.54, 1.807) is 19.1 Å². The Bertz CT molecular complexity index is 579. The molecule has 0 N–H and O–H groups in total. The molecule has 4 nitrogen and oxygen atoms in total. The van der Waals surface area contributed by atoms with Gasteiger partial charge in [-0.25, -0.2) is 9.18 Å². The summed E-state index contributed by atoms with van der Waals surface area (Å²) in [6.45, 7) is 1.74. The second kappa shape index (κ2) is 7.99. The molecule has 0 bridgehead atoms. The van der Waals surface area contributed by atoms with E-state index in [-0.39, 0.29) is 24.1 Å². The standard InChI is InChI=1S/C18H21FO4/c1-2-23-18(22)17(21)15-6-4-3-5-13(16(15)20)11-12-7-9-14(19)10-8-12/h7-10,13,15H,2-6,11H2,1H3. The molecule has 124 valence electrons. The Morgan fingerprint density at radius 2 is 1.83 bits per heavy atom. The van der Waals surface area contributed by atoms with E-state index < -0.39 is 17.7 Å². The largest absolute Gasteiger partial charge is 0.460 e. The number of hydrogen-bond donors (Lipinski definition) is 0. The molecule has 2 rings (SSSR count). The van der Waals surface area contributed by atoms with E-state index >= 15 is 0 Å². The number of Topliss-reactive ketones (excluding diaryl/α,β-unsaturated/α-hetero) is 2. The van der Waals surface area contributed by atoms with Gasteiger partial charge in [0.2, 0.25) is 5.78 Å². The molecule has 1 aromatic carbocycles. The van der Waals surface area contributed by atoms with Crippen molar-refractivity contribution in [1.29, 1.82) is 0 Å². The zero-order chi connectivity index (χ0) is 16.8. The third kappa shape index (κ3) is 4.47. The predicted molar refractivity (Wildman–Crippen MR) is 82.2 cm³/mol. The monoisotopic (exact) mass is 320 g/mol. The number of ketones is 2. The van der Waals surface area contributed by atoms with Crippen LogP contribution in [-0.2, 0) is 25.5 Å². The fraction of sp³-hybridized carbons (Fsp3) is 0.500. The van der Waals surface area contributed by atoms with Crippen molar-refractivity contribution in [2.24, 2.45) is 11.8 Å². The Balaban J connectivity index is 2.11. The summed E-state index contributed by atoms with van der Waals surface area (Å²) in [6.07, 6.45) is 3.12. The lowest BCUT2D eigenvalue weighted by Gasteiger charge is -2.17. The highest BCUT2D eigenvalue weighted by molar-refractivity contribution is 6.38. The van der Waals surface area contributed by atoms with Gasteiger partial charge in [-0.05, 0) is 43.9 Å². The Morgan fingerprint density at radius 1 is 1.17 bits per heavy atom. The maximum atomic E-state index is 13.0. The van der Waals surface area contributed by atoms with E-state index in [2.05, 4.69) is 0 Å². The van der Waals surface area contributed by atoms with Crippen LogP contribution in [0.15, 0.2) is 24.3 Å². The summed E-state index contributed by atoms with van der Waals surface area (Å²) in [6, 6.07) is 6.01. The minimum atomic E-state index is -0.923. The van der Waals surface area contributed by atoms with Crippen LogP contribution >= 0.6 is 0 Å². The van der Waals surface area contributed by atoms with Gasteiger partial charge >= 0.3 is 5.97 Å². The Hall–Kier alpha value is -2.04. The van der Waals surface area contributed by atoms with Gasteiger partial charge in [0.25, 0.3) is 0 Å². The number of carbonyl (C=O) groups excluding carboxylic acids is 3. The van der Waals surface area contributed by atoms with Crippen molar-refractivity contribution in [3.63, 3.8) is 0 Å². The zero-order valence-corrected chi connectivity index (χ0v) is 13.2. The first-order valence-corrected chi connectivity index (χ1v) is 8.02. The van der Waals surface area contributed by atoms with Crippen molar-refractivity contribution >= 4 is 17.5 Å².